The van der Waals surface area contributed by atoms with Crippen molar-refractivity contribution in [2.45, 2.75) is 13.8 Å². The average Bonchev–Trinajstić information content (AvgIpc) is 2.85. The van der Waals surface area contributed by atoms with Crippen molar-refractivity contribution >= 4 is 28.7 Å². The zero-order valence-electron chi connectivity index (χ0n) is 18.9. The molecule has 4 aromatic carbocycles. The number of ether oxygens (including phenoxy) is 2. The van der Waals surface area contributed by atoms with E-state index in [1.54, 1.807) is 14.2 Å². The van der Waals surface area contributed by atoms with E-state index in [4.69, 9.17) is 14.2 Å². The number of aryl methyl sites for hydroxylation is 2. The summed E-state index contributed by atoms with van der Waals surface area (Å²) in [5.41, 5.74) is 3.49. The zero-order valence-corrected chi connectivity index (χ0v) is 19.8. The Kier molecular flexibility index (Phi) is 6.48. The van der Waals surface area contributed by atoms with Crippen LogP contribution >= 0.6 is 7.05 Å². The number of benzene rings is 4. The lowest BCUT2D eigenvalue weighted by molar-refractivity contribution is 0.415. The molecule has 0 spiro atoms. The predicted molar refractivity (Wildman–Crippen MR) is 136 cm³/mol. The van der Waals surface area contributed by atoms with E-state index in [0.29, 0.717) is 0 Å². The van der Waals surface area contributed by atoms with Gasteiger partial charge in [-0.3, -0.25) is 4.74 Å². The molecule has 0 bridgehead atoms. The number of methoxy groups -OCH3 is 2. The van der Waals surface area contributed by atoms with Gasteiger partial charge in [-0.25, -0.2) is 0 Å². The van der Waals surface area contributed by atoms with Crippen molar-refractivity contribution in [3.63, 3.8) is 0 Å². The molecular weight excluding hydrogens is 413 g/mol. The van der Waals surface area contributed by atoms with Gasteiger partial charge in [0.25, 0.3) is 0 Å². The summed E-state index contributed by atoms with van der Waals surface area (Å²) in [6.45, 7) is 4.27. The highest BCUT2D eigenvalue weighted by atomic mass is 31.2. The molecule has 3 nitrogen and oxygen atoms in total. The molecule has 0 aliphatic heterocycles. The van der Waals surface area contributed by atoms with Crippen LogP contribution in [0.25, 0.3) is 0 Å². The largest absolute Gasteiger partial charge is 0.497 e. The maximum atomic E-state index is 5.54. The van der Waals surface area contributed by atoms with Crippen molar-refractivity contribution in [1.82, 2.24) is 0 Å². The van der Waals surface area contributed by atoms with Gasteiger partial charge in [-0.05, 0) is 85.6 Å². The molecule has 0 saturated carbocycles. The normalized spacial score (nSPS) is 11.1. The number of hydrogen-bond acceptors (Lipinski definition) is 3. The summed E-state index contributed by atoms with van der Waals surface area (Å²) in [5, 5.41) is 3.55. The van der Waals surface area contributed by atoms with Gasteiger partial charge in [-0.2, -0.15) is 0 Å². The highest BCUT2D eigenvalue weighted by Gasteiger charge is 2.28. The summed E-state index contributed by atoms with van der Waals surface area (Å²) in [6, 6.07) is 33.7. The Morgan fingerprint density at radius 2 is 1.06 bits per heavy atom. The Hall–Kier alpha value is -3.29. The van der Waals surface area contributed by atoms with Gasteiger partial charge in [-0.15, -0.1) is 0 Å². The highest BCUT2D eigenvalue weighted by Crippen LogP contribution is 2.49. The van der Waals surface area contributed by atoms with Gasteiger partial charge in [0, 0.05) is 15.9 Å². The molecule has 0 amide bonds. The van der Waals surface area contributed by atoms with Crippen molar-refractivity contribution in [1.29, 1.82) is 0 Å². The second-order valence-corrected chi connectivity index (χ2v) is 10.8. The molecule has 0 fully saturated rings. The molecule has 32 heavy (non-hydrogen) atoms. The summed E-state index contributed by atoms with van der Waals surface area (Å²) in [5.74, 6) is 1.67. The minimum atomic E-state index is -2.36. The Morgan fingerprint density at radius 1 is 0.562 bits per heavy atom. The summed E-state index contributed by atoms with van der Waals surface area (Å²) < 4.78 is 16.4. The van der Waals surface area contributed by atoms with Gasteiger partial charge < -0.3 is 9.47 Å². The average molecular weight is 442 g/mol. The van der Waals surface area contributed by atoms with Crippen molar-refractivity contribution in [3.8, 4) is 11.5 Å². The van der Waals surface area contributed by atoms with Gasteiger partial charge in [-0.1, -0.05) is 36.4 Å². The number of rotatable bonds is 6. The third-order valence-electron chi connectivity index (χ3n) is 5.78. The van der Waals surface area contributed by atoms with Crippen molar-refractivity contribution in [2.24, 2.45) is 4.74 Å². The van der Waals surface area contributed by atoms with E-state index < -0.39 is 7.05 Å². The standard InChI is InChI=1S/C28H28NO2P/c1-21-10-11-23(20-22(21)2)29-32(26-8-6-5-7-9-26,27-16-12-24(30-3)13-17-27)28-18-14-25(31-4)15-19-28/h5-20H,1-4H3. The van der Waals surface area contributed by atoms with Crippen LogP contribution in [0.5, 0.6) is 11.5 Å². The SMILES string of the molecule is COc1ccc(P(=Nc2ccc(C)c(C)c2)(c2ccccc2)c2ccc(OC)cc2)cc1. The fourth-order valence-electron chi connectivity index (χ4n) is 3.82. The lowest BCUT2D eigenvalue weighted by Gasteiger charge is -2.27. The molecule has 0 atom stereocenters. The number of nitrogens with zero attached hydrogens (tertiary/aromatic N) is 1. The topological polar surface area (TPSA) is 30.8 Å². The van der Waals surface area contributed by atoms with E-state index in [0.717, 1.165) is 17.2 Å². The van der Waals surface area contributed by atoms with Crippen molar-refractivity contribution in [3.05, 3.63) is 108 Å². The first-order valence-electron chi connectivity index (χ1n) is 10.6. The summed E-state index contributed by atoms with van der Waals surface area (Å²) >= 11 is 0. The fraction of sp³-hybridized carbons (Fsp3) is 0.143. The van der Waals surface area contributed by atoms with Crippen LogP contribution in [0, 0.1) is 13.8 Å². The first kappa shape index (κ1) is 21.9. The molecule has 0 aliphatic rings. The minimum Gasteiger partial charge on any atom is -0.497 e. The molecular formula is C28H28NO2P. The molecule has 4 aromatic rings. The van der Waals surface area contributed by atoms with Crippen molar-refractivity contribution in [2.75, 3.05) is 14.2 Å². The third kappa shape index (κ3) is 4.22. The molecule has 0 N–H and O–H groups in total. The van der Waals surface area contributed by atoms with Gasteiger partial charge in [0.05, 0.1) is 27.0 Å². The van der Waals surface area contributed by atoms with Crippen LogP contribution in [-0.2, 0) is 0 Å². The molecule has 0 aliphatic carbocycles. The summed E-state index contributed by atoms with van der Waals surface area (Å²) in [7, 11) is 1.03. The first-order chi connectivity index (χ1) is 15.6. The van der Waals surface area contributed by atoms with E-state index in [2.05, 4.69) is 86.6 Å². The smallest absolute Gasteiger partial charge is 0.118 e. The Labute approximate surface area is 190 Å². The third-order valence-corrected chi connectivity index (χ3v) is 9.45. The minimum absolute atomic E-state index is 0.834. The van der Waals surface area contributed by atoms with E-state index in [-0.39, 0.29) is 0 Å². The first-order valence-corrected chi connectivity index (χ1v) is 12.4. The molecule has 0 heterocycles. The maximum Gasteiger partial charge on any atom is 0.118 e. The van der Waals surface area contributed by atoms with Crippen LogP contribution in [0.3, 0.4) is 0 Å². The van der Waals surface area contributed by atoms with E-state index in [1.165, 1.54) is 27.0 Å². The quantitative estimate of drug-likeness (QED) is 0.337. The zero-order chi connectivity index (χ0) is 22.6. The molecule has 0 aromatic heterocycles. The van der Waals surface area contributed by atoms with Crippen LogP contribution in [0.2, 0.25) is 0 Å². The van der Waals surface area contributed by atoms with Crippen LogP contribution in [-0.4, -0.2) is 14.2 Å². The second kappa shape index (κ2) is 9.46. The van der Waals surface area contributed by atoms with Crippen LogP contribution in [0.15, 0.2) is 102 Å². The van der Waals surface area contributed by atoms with Gasteiger partial charge in [0.2, 0.25) is 0 Å². The van der Waals surface area contributed by atoms with Gasteiger partial charge >= 0.3 is 0 Å². The van der Waals surface area contributed by atoms with Crippen molar-refractivity contribution < 1.29 is 9.47 Å². The maximum absolute atomic E-state index is 5.54. The molecule has 4 heteroatoms. The molecule has 0 radical (unpaired) electrons. The Morgan fingerprint density at radius 3 is 1.53 bits per heavy atom. The predicted octanol–water partition coefficient (Wildman–Crippen LogP) is 6.13. The van der Waals surface area contributed by atoms with E-state index in [9.17, 15) is 0 Å². The monoisotopic (exact) mass is 441 g/mol. The van der Waals surface area contributed by atoms with Gasteiger partial charge in [0.1, 0.15) is 11.5 Å². The fourth-order valence-corrected chi connectivity index (χ4v) is 7.30. The summed E-state index contributed by atoms with van der Waals surface area (Å²) in [4.78, 5) is 0. The lowest BCUT2D eigenvalue weighted by Crippen LogP contribution is -2.25. The Balaban J connectivity index is 2.09. The second-order valence-electron chi connectivity index (χ2n) is 7.74. The summed E-state index contributed by atoms with van der Waals surface area (Å²) in [6.07, 6.45) is 0. The van der Waals surface area contributed by atoms with Crippen LogP contribution in [0.1, 0.15) is 11.1 Å². The highest BCUT2D eigenvalue weighted by molar-refractivity contribution is 7.87. The molecule has 4 rings (SSSR count). The van der Waals surface area contributed by atoms with Crippen LogP contribution in [0.4, 0.5) is 5.69 Å². The van der Waals surface area contributed by atoms with Gasteiger partial charge in [0.15, 0.2) is 0 Å². The van der Waals surface area contributed by atoms with E-state index in [1.807, 2.05) is 24.3 Å². The molecule has 0 unspecified atom stereocenters. The van der Waals surface area contributed by atoms with E-state index >= 15 is 0 Å². The molecule has 0 saturated heterocycles. The van der Waals surface area contributed by atoms with Crippen LogP contribution < -0.4 is 25.4 Å². The lowest BCUT2D eigenvalue weighted by atomic mass is 10.1. The number of hydrogen-bond donors (Lipinski definition) is 0. The Bertz CT molecular complexity index is 1200. The molecule has 162 valence electrons.